The summed E-state index contributed by atoms with van der Waals surface area (Å²) in [4.78, 5) is 13.0. The van der Waals surface area contributed by atoms with Gasteiger partial charge < -0.3 is 19.5 Å². The third kappa shape index (κ3) is 3.83. The normalized spacial score (nSPS) is 16.9. The fourth-order valence-electron chi connectivity index (χ4n) is 3.75. The monoisotopic (exact) mass is 407 g/mol. The summed E-state index contributed by atoms with van der Waals surface area (Å²) in [5, 5.41) is 10.3. The molecular weight excluding hydrogens is 382 g/mol. The summed E-state index contributed by atoms with van der Waals surface area (Å²) in [6, 6.07) is 14.8. The summed E-state index contributed by atoms with van der Waals surface area (Å²) < 4.78 is 16.7. The lowest BCUT2D eigenvalue weighted by Gasteiger charge is -2.37. The van der Waals surface area contributed by atoms with Crippen molar-refractivity contribution < 1.29 is 19.0 Å². The lowest BCUT2D eigenvalue weighted by molar-refractivity contribution is 0.0618. The number of methoxy groups -OCH3 is 2. The molecule has 1 amide bonds. The van der Waals surface area contributed by atoms with Crippen LogP contribution in [0.1, 0.15) is 42.4 Å². The molecule has 7 heteroatoms. The molecule has 0 saturated carbocycles. The van der Waals surface area contributed by atoms with Crippen molar-refractivity contribution in [1.29, 1.82) is 0 Å². The fraction of sp³-hybridized carbons (Fsp3) is 0.304. The average molecular weight is 407 g/mol. The summed E-state index contributed by atoms with van der Waals surface area (Å²) in [7, 11) is 3.18. The number of hydrogen-bond donors (Lipinski definition) is 2. The number of nitrogens with zero attached hydrogens (tertiary/aromatic N) is 1. The largest absolute Gasteiger partial charge is 0.497 e. The van der Waals surface area contributed by atoms with Crippen LogP contribution >= 0.6 is 0 Å². The molecule has 0 bridgehead atoms. The number of rotatable bonds is 5. The van der Waals surface area contributed by atoms with Gasteiger partial charge in [0.15, 0.2) is 0 Å². The van der Waals surface area contributed by atoms with Crippen molar-refractivity contribution in [2.75, 3.05) is 14.2 Å². The number of para-hydroxylation sites is 1. The molecule has 4 rings (SSSR count). The summed E-state index contributed by atoms with van der Waals surface area (Å²) in [6.07, 6.45) is 0.670. The first-order valence-electron chi connectivity index (χ1n) is 9.77. The predicted octanol–water partition coefficient (Wildman–Crippen LogP) is 4.13. The Morgan fingerprint density at radius 3 is 2.73 bits per heavy atom. The molecule has 1 atom stereocenters. The van der Waals surface area contributed by atoms with E-state index in [1.807, 2.05) is 50.2 Å². The average Bonchev–Trinajstić information content (AvgIpc) is 3.22. The first-order chi connectivity index (χ1) is 14.4. The maximum absolute atomic E-state index is 13.0. The van der Waals surface area contributed by atoms with Gasteiger partial charge in [-0.3, -0.25) is 9.89 Å². The van der Waals surface area contributed by atoms with E-state index >= 15 is 0 Å². The highest BCUT2D eigenvalue weighted by Crippen LogP contribution is 2.39. The van der Waals surface area contributed by atoms with Gasteiger partial charge >= 0.3 is 0 Å². The molecule has 1 aliphatic rings. The molecule has 0 aliphatic carbocycles. The van der Waals surface area contributed by atoms with Gasteiger partial charge in [0.25, 0.3) is 5.91 Å². The van der Waals surface area contributed by atoms with Crippen molar-refractivity contribution in [3.63, 3.8) is 0 Å². The van der Waals surface area contributed by atoms with Crippen LogP contribution in [0.2, 0.25) is 0 Å². The summed E-state index contributed by atoms with van der Waals surface area (Å²) in [5.74, 6) is 1.88. The molecule has 0 saturated heterocycles. The van der Waals surface area contributed by atoms with Gasteiger partial charge in [0.2, 0.25) is 0 Å². The van der Waals surface area contributed by atoms with Gasteiger partial charge in [-0.05, 0) is 38.1 Å². The number of hydrogen-bond acceptors (Lipinski definition) is 5. The zero-order valence-electron chi connectivity index (χ0n) is 17.5. The maximum Gasteiger partial charge on any atom is 0.269 e. The van der Waals surface area contributed by atoms with Crippen LogP contribution in [0.3, 0.4) is 0 Å². The van der Waals surface area contributed by atoms with Gasteiger partial charge in [0.1, 0.15) is 28.5 Å². The number of carbonyl (C=O) groups is 1. The molecule has 0 radical (unpaired) electrons. The predicted molar refractivity (Wildman–Crippen MR) is 113 cm³/mol. The van der Waals surface area contributed by atoms with Gasteiger partial charge in [-0.2, -0.15) is 5.10 Å². The molecule has 1 aliphatic heterocycles. The van der Waals surface area contributed by atoms with Crippen LogP contribution in [-0.2, 0) is 0 Å². The highest BCUT2D eigenvalue weighted by atomic mass is 16.5. The second-order valence-corrected chi connectivity index (χ2v) is 7.86. The molecule has 30 heavy (non-hydrogen) atoms. The van der Waals surface area contributed by atoms with Crippen LogP contribution in [0.15, 0.2) is 48.5 Å². The maximum atomic E-state index is 13.0. The molecule has 0 unspecified atom stereocenters. The number of benzene rings is 2. The molecule has 7 nitrogen and oxygen atoms in total. The zero-order chi connectivity index (χ0) is 21.3. The SMILES string of the molecule is COc1ccc(-c2cc(C(=O)N[C@@H]3CC(C)(C)Oc4ccccc43)[nH]n2)c(OC)c1. The standard InChI is InChI=1S/C23H25N3O4/c1-23(2)13-19(15-7-5-6-8-20(15)30-23)24-22(27)18-12-17(25-26-18)16-10-9-14(28-3)11-21(16)29-4/h5-12,19H,13H2,1-4H3,(H,24,27)(H,25,26)/t19-/m1/s1. The molecule has 3 aromatic rings. The van der Waals surface area contributed by atoms with E-state index in [0.29, 0.717) is 29.3 Å². The van der Waals surface area contributed by atoms with Crippen LogP contribution in [0, 0.1) is 0 Å². The van der Waals surface area contributed by atoms with E-state index in [0.717, 1.165) is 16.9 Å². The third-order valence-corrected chi connectivity index (χ3v) is 5.19. The van der Waals surface area contributed by atoms with Gasteiger partial charge in [-0.15, -0.1) is 0 Å². The second-order valence-electron chi connectivity index (χ2n) is 7.86. The highest BCUT2D eigenvalue weighted by Gasteiger charge is 2.34. The molecule has 2 aromatic carbocycles. The molecule has 2 heterocycles. The van der Waals surface area contributed by atoms with Crippen molar-refractivity contribution in [3.05, 3.63) is 59.8 Å². The lowest BCUT2D eigenvalue weighted by atomic mass is 9.89. The topological polar surface area (TPSA) is 85.5 Å². The molecule has 1 aromatic heterocycles. The molecule has 156 valence electrons. The number of ether oxygens (including phenoxy) is 3. The van der Waals surface area contributed by atoms with Crippen LogP contribution in [0.5, 0.6) is 17.2 Å². The minimum atomic E-state index is -0.373. The van der Waals surface area contributed by atoms with Gasteiger partial charge in [0.05, 0.1) is 26.0 Å². The molecular formula is C23H25N3O4. The fourth-order valence-corrected chi connectivity index (χ4v) is 3.75. The van der Waals surface area contributed by atoms with E-state index in [2.05, 4.69) is 15.5 Å². The number of carbonyl (C=O) groups excluding carboxylic acids is 1. The molecule has 0 fully saturated rings. The number of amides is 1. The van der Waals surface area contributed by atoms with Crippen molar-refractivity contribution in [3.8, 4) is 28.5 Å². The smallest absolute Gasteiger partial charge is 0.269 e. The Labute approximate surface area is 175 Å². The Morgan fingerprint density at radius 1 is 1.17 bits per heavy atom. The Kier molecular flexibility index (Phi) is 5.11. The quantitative estimate of drug-likeness (QED) is 0.664. The van der Waals surface area contributed by atoms with Gasteiger partial charge in [-0.1, -0.05) is 18.2 Å². The number of aromatic nitrogens is 2. The number of nitrogens with one attached hydrogen (secondary N) is 2. The zero-order valence-corrected chi connectivity index (χ0v) is 17.5. The van der Waals surface area contributed by atoms with Crippen LogP contribution in [0.4, 0.5) is 0 Å². The van der Waals surface area contributed by atoms with Crippen LogP contribution in [0.25, 0.3) is 11.3 Å². The van der Waals surface area contributed by atoms with E-state index in [1.165, 1.54) is 0 Å². The number of H-pyrrole nitrogens is 1. The first-order valence-corrected chi connectivity index (χ1v) is 9.77. The van der Waals surface area contributed by atoms with E-state index in [4.69, 9.17) is 14.2 Å². The van der Waals surface area contributed by atoms with E-state index in [1.54, 1.807) is 26.4 Å². The van der Waals surface area contributed by atoms with Crippen molar-refractivity contribution in [1.82, 2.24) is 15.5 Å². The van der Waals surface area contributed by atoms with Crippen LogP contribution < -0.4 is 19.5 Å². The van der Waals surface area contributed by atoms with Crippen molar-refractivity contribution in [2.45, 2.75) is 31.9 Å². The Hall–Kier alpha value is -3.48. The number of aromatic amines is 1. The van der Waals surface area contributed by atoms with Gasteiger partial charge in [0, 0.05) is 23.6 Å². The van der Waals surface area contributed by atoms with Crippen molar-refractivity contribution >= 4 is 5.91 Å². The number of fused-ring (bicyclic) bond motifs is 1. The van der Waals surface area contributed by atoms with E-state index < -0.39 is 0 Å². The van der Waals surface area contributed by atoms with Gasteiger partial charge in [-0.25, -0.2) is 0 Å². The molecule has 0 spiro atoms. The minimum Gasteiger partial charge on any atom is -0.497 e. The highest BCUT2D eigenvalue weighted by molar-refractivity contribution is 5.94. The second kappa shape index (κ2) is 7.74. The Bertz CT molecular complexity index is 1070. The summed E-state index contributed by atoms with van der Waals surface area (Å²) in [5.41, 5.74) is 2.37. The van der Waals surface area contributed by atoms with Crippen molar-refractivity contribution in [2.24, 2.45) is 0 Å². The first kappa shape index (κ1) is 19.8. The lowest BCUT2D eigenvalue weighted by Crippen LogP contribution is -2.41. The third-order valence-electron chi connectivity index (χ3n) is 5.19. The van der Waals surface area contributed by atoms with Crippen LogP contribution in [-0.4, -0.2) is 35.9 Å². The Morgan fingerprint density at radius 2 is 1.97 bits per heavy atom. The van der Waals surface area contributed by atoms with E-state index in [-0.39, 0.29) is 17.6 Å². The molecule has 2 N–H and O–H groups in total. The summed E-state index contributed by atoms with van der Waals surface area (Å²) >= 11 is 0. The van der Waals surface area contributed by atoms with E-state index in [9.17, 15) is 4.79 Å². The minimum absolute atomic E-state index is 0.153. The Balaban J connectivity index is 1.57. The summed E-state index contributed by atoms with van der Waals surface area (Å²) in [6.45, 7) is 4.04.